The molecule has 1 atom stereocenters. The van der Waals surface area contributed by atoms with Gasteiger partial charge in [-0.25, -0.2) is 14.6 Å². The lowest BCUT2D eigenvalue weighted by Gasteiger charge is -2.40. The fourth-order valence-electron chi connectivity index (χ4n) is 7.21. The second-order valence-electron chi connectivity index (χ2n) is 15.6. The maximum Gasteiger partial charge on any atom is 0.410 e. The Labute approximate surface area is 284 Å². The highest BCUT2D eigenvalue weighted by molar-refractivity contribution is 5.95. The van der Waals surface area contributed by atoms with Crippen molar-refractivity contribution in [2.45, 2.75) is 72.0 Å². The van der Waals surface area contributed by atoms with Crippen LogP contribution in [0, 0.1) is 5.41 Å². The summed E-state index contributed by atoms with van der Waals surface area (Å²) in [6.45, 7) is 17.5. The number of nitrogens with zero attached hydrogens (tertiary/aromatic N) is 5. The van der Waals surface area contributed by atoms with E-state index in [9.17, 15) is 9.59 Å². The van der Waals surface area contributed by atoms with Gasteiger partial charge in [-0.15, -0.1) is 0 Å². The zero-order chi connectivity index (χ0) is 34.3. The number of carbonyl (C=O) groups is 2. The minimum atomic E-state index is -0.508. The third-order valence-corrected chi connectivity index (χ3v) is 9.55. The lowest BCUT2D eigenvalue weighted by Crippen LogP contribution is -2.50. The number of piperazine rings is 1. The molecule has 6 rings (SSSR count). The van der Waals surface area contributed by atoms with E-state index in [0.717, 1.165) is 97.8 Å². The third-order valence-electron chi connectivity index (χ3n) is 9.55. The molecule has 2 amide bonds. The monoisotopic (exact) mass is 657 g/mol. The average Bonchev–Trinajstić information content (AvgIpc) is 3.44. The SMILES string of the molecule is COc1ccc2c(N3CCC4(CCCN(C(=O)OC(C)(C)C)C4)C3)cc(-c3ccc(N4CCN(C(=O)OC(C)(C)C)CC4)cc3)nc2c1. The minimum absolute atomic E-state index is 0.0343. The van der Waals surface area contributed by atoms with Crippen LogP contribution in [0.25, 0.3) is 22.2 Å². The smallest absolute Gasteiger partial charge is 0.410 e. The predicted octanol–water partition coefficient (Wildman–Crippen LogP) is 7.19. The molecule has 0 saturated carbocycles. The highest BCUT2D eigenvalue weighted by atomic mass is 16.6. The maximum atomic E-state index is 13.0. The fourth-order valence-corrected chi connectivity index (χ4v) is 7.21. The average molecular weight is 658 g/mol. The van der Waals surface area contributed by atoms with Crippen molar-refractivity contribution in [2.24, 2.45) is 5.41 Å². The van der Waals surface area contributed by atoms with Gasteiger partial charge >= 0.3 is 12.2 Å². The van der Waals surface area contributed by atoms with Crippen LogP contribution in [-0.2, 0) is 9.47 Å². The molecule has 0 bridgehead atoms. The number of aromatic nitrogens is 1. The zero-order valence-corrected chi connectivity index (χ0v) is 29.7. The van der Waals surface area contributed by atoms with Gasteiger partial charge < -0.3 is 33.8 Å². The van der Waals surface area contributed by atoms with E-state index in [-0.39, 0.29) is 17.6 Å². The molecule has 0 N–H and O–H groups in total. The van der Waals surface area contributed by atoms with Gasteiger partial charge in [0.15, 0.2) is 0 Å². The van der Waals surface area contributed by atoms with Crippen molar-refractivity contribution < 1.29 is 23.8 Å². The number of piperidine rings is 1. The molecule has 10 nitrogen and oxygen atoms in total. The number of carbonyl (C=O) groups excluding carboxylic acids is 2. The van der Waals surface area contributed by atoms with E-state index in [4.69, 9.17) is 19.2 Å². The molecule has 48 heavy (non-hydrogen) atoms. The number of hydrogen-bond donors (Lipinski definition) is 0. The predicted molar refractivity (Wildman–Crippen MR) is 190 cm³/mol. The van der Waals surface area contributed by atoms with E-state index in [1.165, 1.54) is 0 Å². The second-order valence-corrected chi connectivity index (χ2v) is 15.6. The van der Waals surface area contributed by atoms with Crippen molar-refractivity contribution in [1.82, 2.24) is 14.8 Å². The number of hydrogen-bond acceptors (Lipinski definition) is 8. The summed E-state index contributed by atoms with van der Waals surface area (Å²) in [5.74, 6) is 0.775. The normalized spacial score (nSPS) is 20.4. The lowest BCUT2D eigenvalue weighted by molar-refractivity contribution is 0.00709. The Bertz CT molecular complexity index is 1640. The van der Waals surface area contributed by atoms with E-state index in [1.54, 1.807) is 12.0 Å². The Morgan fingerprint density at radius 1 is 0.729 bits per heavy atom. The summed E-state index contributed by atoms with van der Waals surface area (Å²) in [5, 5.41) is 1.09. The molecule has 1 aromatic heterocycles. The maximum absolute atomic E-state index is 13.0. The molecule has 258 valence electrons. The van der Waals surface area contributed by atoms with E-state index < -0.39 is 11.2 Å². The Balaban J connectivity index is 1.21. The van der Waals surface area contributed by atoms with Gasteiger partial charge in [0, 0.05) is 86.2 Å². The summed E-state index contributed by atoms with van der Waals surface area (Å²) in [6.07, 6.45) is 2.64. The first kappa shape index (κ1) is 33.7. The van der Waals surface area contributed by atoms with Gasteiger partial charge in [0.05, 0.1) is 18.3 Å². The van der Waals surface area contributed by atoms with Crippen molar-refractivity contribution in [3.8, 4) is 17.0 Å². The van der Waals surface area contributed by atoms with E-state index in [0.29, 0.717) is 13.1 Å². The molecule has 2 aromatic carbocycles. The highest BCUT2D eigenvalue weighted by Gasteiger charge is 2.43. The van der Waals surface area contributed by atoms with Gasteiger partial charge in [0.1, 0.15) is 17.0 Å². The van der Waals surface area contributed by atoms with Gasteiger partial charge in [0.2, 0.25) is 0 Å². The van der Waals surface area contributed by atoms with E-state index in [1.807, 2.05) is 58.6 Å². The van der Waals surface area contributed by atoms with E-state index in [2.05, 4.69) is 46.2 Å². The molecule has 3 aromatic rings. The van der Waals surface area contributed by atoms with Crippen molar-refractivity contribution in [3.63, 3.8) is 0 Å². The summed E-state index contributed by atoms with van der Waals surface area (Å²) < 4.78 is 16.9. The Hall–Kier alpha value is -4.21. The van der Waals surface area contributed by atoms with E-state index >= 15 is 0 Å². The van der Waals surface area contributed by atoms with Crippen LogP contribution in [0.2, 0.25) is 0 Å². The van der Waals surface area contributed by atoms with Crippen LogP contribution in [0.4, 0.5) is 21.0 Å². The highest BCUT2D eigenvalue weighted by Crippen LogP contribution is 2.43. The molecule has 3 saturated heterocycles. The third kappa shape index (κ3) is 7.58. The van der Waals surface area contributed by atoms with Crippen molar-refractivity contribution >= 4 is 34.5 Å². The molecule has 3 fully saturated rings. The van der Waals surface area contributed by atoms with Crippen LogP contribution in [0.1, 0.15) is 60.8 Å². The molecule has 0 radical (unpaired) electrons. The van der Waals surface area contributed by atoms with Crippen LogP contribution in [-0.4, -0.2) is 97.6 Å². The summed E-state index contributed by atoms with van der Waals surface area (Å²) in [7, 11) is 1.68. The molecule has 3 aliphatic heterocycles. The quantitative estimate of drug-likeness (QED) is 0.291. The van der Waals surface area contributed by atoms with Gasteiger partial charge in [-0.1, -0.05) is 12.1 Å². The van der Waals surface area contributed by atoms with Crippen LogP contribution < -0.4 is 14.5 Å². The first-order valence-corrected chi connectivity index (χ1v) is 17.3. The number of amides is 2. The molecule has 0 aliphatic carbocycles. The summed E-state index contributed by atoms with van der Waals surface area (Å²) in [5.41, 5.74) is 4.15. The Morgan fingerprint density at radius 2 is 1.40 bits per heavy atom. The fraction of sp³-hybridized carbons (Fsp3) is 0.553. The zero-order valence-electron chi connectivity index (χ0n) is 29.7. The molecule has 1 unspecified atom stereocenters. The first-order valence-electron chi connectivity index (χ1n) is 17.3. The number of fused-ring (bicyclic) bond motifs is 1. The van der Waals surface area contributed by atoms with Gasteiger partial charge in [-0.05, 0) is 91.1 Å². The molecule has 10 heteroatoms. The number of ether oxygens (including phenoxy) is 3. The molecule has 1 spiro atoms. The molecular formula is C38H51N5O5. The van der Waals surface area contributed by atoms with Crippen LogP contribution in [0.3, 0.4) is 0 Å². The Morgan fingerprint density at radius 3 is 2.04 bits per heavy atom. The van der Waals surface area contributed by atoms with Crippen molar-refractivity contribution in [2.75, 3.05) is 69.3 Å². The summed E-state index contributed by atoms with van der Waals surface area (Å²) in [4.78, 5) is 39.1. The number of likely N-dealkylation sites (tertiary alicyclic amines) is 1. The summed E-state index contributed by atoms with van der Waals surface area (Å²) in [6, 6.07) is 16.9. The summed E-state index contributed by atoms with van der Waals surface area (Å²) >= 11 is 0. The number of benzene rings is 2. The number of rotatable bonds is 4. The lowest BCUT2D eigenvalue weighted by atomic mass is 9.79. The largest absolute Gasteiger partial charge is 0.497 e. The van der Waals surface area contributed by atoms with Gasteiger partial charge in [-0.2, -0.15) is 0 Å². The van der Waals surface area contributed by atoms with Crippen LogP contribution in [0.15, 0.2) is 48.5 Å². The van der Waals surface area contributed by atoms with Crippen molar-refractivity contribution in [3.05, 3.63) is 48.5 Å². The second kappa shape index (κ2) is 13.0. The standard InChI is InChI=1S/C38H51N5O5/c1-36(2,3)47-34(44)41-21-19-40(20-22-41)28-11-9-27(10-12-28)31-24-33(30-14-13-29(46-7)23-32(30)39-31)42-18-16-38(25-42)15-8-17-43(26-38)35(45)48-37(4,5)6/h9-14,23-24H,8,15-22,25-26H2,1-7H3. The molecule has 3 aliphatic rings. The number of anilines is 2. The molecule has 4 heterocycles. The Kier molecular flexibility index (Phi) is 9.13. The molecular weight excluding hydrogens is 606 g/mol. The number of pyridine rings is 1. The number of methoxy groups -OCH3 is 1. The first-order chi connectivity index (χ1) is 22.7. The van der Waals surface area contributed by atoms with Crippen LogP contribution in [0.5, 0.6) is 5.75 Å². The minimum Gasteiger partial charge on any atom is -0.497 e. The van der Waals surface area contributed by atoms with Gasteiger partial charge in [-0.3, -0.25) is 0 Å². The van der Waals surface area contributed by atoms with Crippen LogP contribution >= 0.6 is 0 Å². The van der Waals surface area contributed by atoms with Gasteiger partial charge in [0.25, 0.3) is 0 Å². The van der Waals surface area contributed by atoms with Crippen molar-refractivity contribution in [1.29, 1.82) is 0 Å². The topological polar surface area (TPSA) is 87.7 Å².